The smallest absolute Gasteiger partial charge is 0.148 e. The maximum atomic E-state index is 6.04. The van der Waals surface area contributed by atoms with Crippen molar-refractivity contribution in [1.82, 2.24) is 4.90 Å². The number of hydrogen-bond donors (Lipinski definition) is 0. The number of fused-ring (bicyclic) bond motifs is 1. The van der Waals surface area contributed by atoms with Gasteiger partial charge in [0.25, 0.3) is 0 Å². The number of ether oxygens (including phenoxy) is 1. The average Bonchev–Trinajstić information content (AvgIpc) is 2.63. The van der Waals surface area contributed by atoms with Crippen LogP contribution in [0.1, 0.15) is 24.8 Å². The molecule has 0 N–H and O–H groups in total. The molecule has 3 nitrogen and oxygen atoms in total. The summed E-state index contributed by atoms with van der Waals surface area (Å²) in [5, 5.41) is 0. The number of hydrogen-bond acceptors (Lipinski definition) is 4. The highest BCUT2D eigenvalue weighted by molar-refractivity contribution is 7.98. The molecule has 1 atom stereocenters. The van der Waals surface area contributed by atoms with Crippen LogP contribution in [0.25, 0.3) is 5.57 Å². The molecular formula is C19H20N2OS. The Balaban J connectivity index is 1.52. The molecule has 0 aromatic heterocycles. The van der Waals surface area contributed by atoms with Gasteiger partial charge in [0.1, 0.15) is 17.7 Å². The van der Waals surface area contributed by atoms with Crippen LogP contribution in [0, 0.1) is 0 Å². The fourth-order valence-corrected chi connectivity index (χ4v) is 3.76. The van der Waals surface area contributed by atoms with Crippen LogP contribution in [0.4, 0.5) is 0 Å². The van der Waals surface area contributed by atoms with Crippen molar-refractivity contribution in [3.63, 3.8) is 0 Å². The Morgan fingerprint density at radius 3 is 2.96 bits per heavy atom. The quantitative estimate of drug-likeness (QED) is 0.607. The van der Waals surface area contributed by atoms with Crippen molar-refractivity contribution in [3.05, 3.63) is 60.3 Å². The highest BCUT2D eigenvalue weighted by Crippen LogP contribution is 2.28. The summed E-state index contributed by atoms with van der Waals surface area (Å²) in [7, 11) is 0. The molecule has 0 bridgehead atoms. The molecule has 118 valence electrons. The summed E-state index contributed by atoms with van der Waals surface area (Å²) < 4.78 is 10.7. The molecule has 0 saturated carbocycles. The van der Waals surface area contributed by atoms with Crippen LogP contribution in [0.5, 0.6) is 5.75 Å². The zero-order valence-electron chi connectivity index (χ0n) is 13.0. The van der Waals surface area contributed by atoms with E-state index >= 15 is 0 Å². The molecule has 1 aromatic rings. The van der Waals surface area contributed by atoms with Crippen LogP contribution < -0.4 is 4.74 Å². The van der Waals surface area contributed by atoms with E-state index in [0.717, 1.165) is 30.3 Å². The van der Waals surface area contributed by atoms with E-state index in [2.05, 4.69) is 64.1 Å². The number of rotatable bonds is 3. The normalized spacial score (nSPS) is 23.1. The summed E-state index contributed by atoms with van der Waals surface area (Å²) in [6.07, 6.45) is 14.5. The van der Waals surface area contributed by atoms with Crippen molar-refractivity contribution < 1.29 is 4.74 Å². The van der Waals surface area contributed by atoms with Crippen LogP contribution in [0.2, 0.25) is 0 Å². The summed E-state index contributed by atoms with van der Waals surface area (Å²) in [6, 6.07) is 8.40. The third-order valence-corrected chi connectivity index (χ3v) is 4.95. The Labute approximate surface area is 141 Å². The lowest BCUT2D eigenvalue weighted by molar-refractivity contribution is 0.230. The van der Waals surface area contributed by atoms with Gasteiger partial charge < -0.3 is 9.64 Å². The zero-order chi connectivity index (χ0) is 15.5. The fourth-order valence-electron chi connectivity index (χ4n) is 3.06. The van der Waals surface area contributed by atoms with E-state index in [1.54, 1.807) is 11.9 Å². The Morgan fingerprint density at radius 2 is 2.13 bits per heavy atom. The van der Waals surface area contributed by atoms with Gasteiger partial charge >= 0.3 is 0 Å². The van der Waals surface area contributed by atoms with Gasteiger partial charge in [-0.1, -0.05) is 18.2 Å². The van der Waals surface area contributed by atoms with Crippen molar-refractivity contribution in [2.24, 2.45) is 4.40 Å². The van der Waals surface area contributed by atoms with Gasteiger partial charge in [0, 0.05) is 24.1 Å². The van der Waals surface area contributed by atoms with Crippen LogP contribution in [0.15, 0.2) is 59.2 Å². The monoisotopic (exact) mass is 324 g/mol. The fraction of sp³-hybridized carbons (Fsp3) is 0.316. The topological polar surface area (TPSA) is 24.8 Å². The van der Waals surface area contributed by atoms with Crippen molar-refractivity contribution in [2.45, 2.75) is 25.4 Å². The van der Waals surface area contributed by atoms with Crippen molar-refractivity contribution in [2.75, 3.05) is 12.3 Å². The molecule has 4 rings (SSSR count). The second-order valence-electron chi connectivity index (χ2n) is 5.90. The third-order valence-electron chi connectivity index (χ3n) is 4.28. The molecule has 4 heteroatoms. The maximum absolute atomic E-state index is 6.04. The molecular weight excluding hydrogens is 304 g/mol. The molecule has 1 unspecified atom stereocenters. The Bertz CT molecular complexity index is 688. The first-order chi connectivity index (χ1) is 11.4. The minimum Gasteiger partial charge on any atom is -0.486 e. The van der Waals surface area contributed by atoms with Crippen molar-refractivity contribution in [1.29, 1.82) is 0 Å². The highest BCUT2D eigenvalue weighted by Gasteiger charge is 2.21. The van der Waals surface area contributed by atoms with Gasteiger partial charge in [0.15, 0.2) is 0 Å². The largest absolute Gasteiger partial charge is 0.486 e. The van der Waals surface area contributed by atoms with Gasteiger partial charge in [-0.2, -0.15) is 4.40 Å². The van der Waals surface area contributed by atoms with Gasteiger partial charge in [0.05, 0.1) is 0 Å². The second-order valence-corrected chi connectivity index (χ2v) is 6.75. The average molecular weight is 324 g/mol. The van der Waals surface area contributed by atoms with Gasteiger partial charge in [-0.25, -0.2) is 0 Å². The number of benzene rings is 1. The SMILES string of the molecule is C1=CN2CCSN=C2C(c2ccc(OC3C=CCCC3)cc2)=C1. The Morgan fingerprint density at radius 1 is 1.22 bits per heavy atom. The summed E-state index contributed by atoms with van der Waals surface area (Å²) >= 11 is 1.64. The zero-order valence-corrected chi connectivity index (χ0v) is 13.8. The van der Waals surface area contributed by atoms with E-state index in [9.17, 15) is 0 Å². The predicted molar refractivity (Wildman–Crippen MR) is 97.6 cm³/mol. The van der Waals surface area contributed by atoms with Gasteiger partial charge in [-0.15, -0.1) is 0 Å². The molecule has 1 aromatic carbocycles. The minimum absolute atomic E-state index is 0.223. The molecule has 0 fully saturated rings. The molecule has 0 saturated heterocycles. The standard InChI is InChI=1S/C19H20N2OS/c1-2-5-16(6-3-1)22-17-10-8-15(9-11-17)18-7-4-12-21-13-14-23-20-19(18)21/h2,4-5,7-12,16H,1,3,6,13-14H2. The van der Waals surface area contributed by atoms with Gasteiger partial charge in [0.2, 0.25) is 0 Å². The molecule has 1 aliphatic carbocycles. The second kappa shape index (κ2) is 6.67. The van der Waals surface area contributed by atoms with E-state index in [-0.39, 0.29) is 6.10 Å². The summed E-state index contributed by atoms with van der Waals surface area (Å²) in [5.41, 5.74) is 2.37. The Kier molecular flexibility index (Phi) is 4.24. The first-order valence-electron chi connectivity index (χ1n) is 8.19. The van der Waals surface area contributed by atoms with E-state index in [0.29, 0.717) is 0 Å². The van der Waals surface area contributed by atoms with E-state index in [1.165, 1.54) is 24.0 Å². The molecule has 0 amide bonds. The summed E-state index contributed by atoms with van der Waals surface area (Å²) in [6.45, 7) is 1.02. The predicted octanol–water partition coefficient (Wildman–Crippen LogP) is 4.45. The summed E-state index contributed by atoms with van der Waals surface area (Å²) in [5.74, 6) is 3.05. The first-order valence-corrected chi connectivity index (χ1v) is 9.14. The Hall–Kier alpha value is -1.94. The lowest BCUT2D eigenvalue weighted by atomic mass is 10.0. The van der Waals surface area contributed by atoms with Crippen LogP contribution in [-0.2, 0) is 0 Å². The maximum Gasteiger partial charge on any atom is 0.148 e. The molecule has 0 radical (unpaired) electrons. The molecule has 2 heterocycles. The number of amidine groups is 1. The lowest BCUT2D eigenvalue weighted by Gasteiger charge is -2.29. The van der Waals surface area contributed by atoms with E-state index < -0.39 is 0 Å². The van der Waals surface area contributed by atoms with Crippen LogP contribution >= 0.6 is 11.9 Å². The van der Waals surface area contributed by atoms with Gasteiger partial charge in [-0.05, 0) is 67.1 Å². The molecule has 0 spiro atoms. The number of allylic oxidation sites excluding steroid dienone is 3. The van der Waals surface area contributed by atoms with Crippen LogP contribution in [-0.4, -0.2) is 29.1 Å². The minimum atomic E-state index is 0.223. The van der Waals surface area contributed by atoms with E-state index in [1.807, 2.05) is 0 Å². The first kappa shape index (κ1) is 14.6. The highest BCUT2D eigenvalue weighted by atomic mass is 32.2. The van der Waals surface area contributed by atoms with E-state index in [4.69, 9.17) is 4.74 Å². The van der Waals surface area contributed by atoms with Crippen molar-refractivity contribution >= 4 is 23.4 Å². The van der Waals surface area contributed by atoms with Crippen molar-refractivity contribution in [3.8, 4) is 5.75 Å². The molecule has 3 aliphatic rings. The van der Waals surface area contributed by atoms with Crippen LogP contribution in [0.3, 0.4) is 0 Å². The third kappa shape index (κ3) is 3.22. The molecule has 23 heavy (non-hydrogen) atoms. The molecule has 2 aliphatic heterocycles. The summed E-state index contributed by atoms with van der Waals surface area (Å²) in [4.78, 5) is 2.23. The lowest BCUT2D eigenvalue weighted by Crippen LogP contribution is -2.32. The van der Waals surface area contributed by atoms with Gasteiger partial charge in [-0.3, -0.25) is 0 Å². The number of nitrogens with zero attached hydrogens (tertiary/aromatic N) is 2.